The molecule has 0 aromatic heterocycles. The Morgan fingerprint density at radius 3 is 2.56 bits per heavy atom. The molecule has 0 heterocycles. The number of benzene rings is 1. The van der Waals surface area contributed by atoms with Crippen molar-refractivity contribution >= 4 is 17.6 Å². The van der Waals surface area contributed by atoms with Crippen LogP contribution in [-0.2, 0) is 17.1 Å². The number of aliphatic carboxylic acids is 1. The van der Waals surface area contributed by atoms with E-state index in [4.69, 9.17) is 16.7 Å². The lowest BCUT2D eigenvalue weighted by Gasteiger charge is -2.13. The quantitative estimate of drug-likeness (QED) is 0.886. The van der Waals surface area contributed by atoms with Gasteiger partial charge in [0.25, 0.3) is 0 Å². The summed E-state index contributed by atoms with van der Waals surface area (Å²) in [5.41, 5.74) is 0.152. The van der Waals surface area contributed by atoms with Crippen molar-refractivity contribution in [1.82, 2.24) is 0 Å². The van der Waals surface area contributed by atoms with Crippen LogP contribution in [0.4, 0.5) is 8.78 Å². The average molecular weight is 249 g/mol. The highest BCUT2D eigenvalue weighted by molar-refractivity contribution is 6.31. The van der Waals surface area contributed by atoms with Gasteiger partial charge in [-0.05, 0) is 18.1 Å². The van der Waals surface area contributed by atoms with Crippen LogP contribution in [0.25, 0.3) is 0 Å². The van der Waals surface area contributed by atoms with Crippen molar-refractivity contribution in [2.45, 2.75) is 25.7 Å². The summed E-state index contributed by atoms with van der Waals surface area (Å²) in [5.74, 6) is -6.07. The Morgan fingerprint density at radius 1 is 1.50 bits per heavy atom. The molecule has 2 nitrogen and oxygen atoms in total. The maximum absolute atomic E-state index is 13.1. The fraction of sp³-hybridized carbons (Fsp3) is 0.364. The second-order valence-corrected chi connectivity index (χ2v) is 3.84. The van der Waals surface area contributed by atoms with Crippen LogP contribution in [0, 0.1) is 0 Å². The molecule has 1 rings (SSSR count). The summed E-state index contributed by atoms with van der Waals surface area (Å²) >= 11 is 5.79. The van der Waals surface area contributed by atoms with Crippen molar-refractivity contribution in [3.05, 3.63) is 34.3 Å². The molecule has 88 valence electrons. The van der Waals surface area contributed by atoms with Gasteiger partial charge in [-0.25, -0.2) is 4.79 Å². The van der Waals surface area contributed by atoms with Crippen molar-refractivity contribution in [2.24, 2.45) is 0 Å². The minimum absolute atomic E-state index is 0.181. The highest BCUT2D eigenvalue weighted by atomic mass is 35.5. The highest BCUT2D eigenvalue weighted by Gasteiger charge is 2.41. The van der Waals surface area contributed by atoms with Gasteiger partial charge in [0.05, 0.1) is 0 Å². The largest absolute Gasteiger partial charge is 0.477 e. The Kier molecular flexibility index (Phi) is 3.86. The first-order chi connectivity index (χ1) is 7.39. The lowest BCUT2D eigenvalue weighted by Crippen LogP contribution is -2.25. The first-order valence-electron chi connectivity index (χ1n) is 4.79. The van der Waals surface area contributed by atoms with Crippen LogP contribution < -0.4 is 0 Å². The van der Waals surface area contributed by atoms with Crippen LogP contribution in [0.5, 0.6) is 0 Å². The van der Waals surface area contributed by atoms with Crippen LogP contribution in [0.3, 0.4) is 0 Å². The number of carboxylic acid groups (broad SMARTS) is 1. The number of carboxylic acids is 1. The normalized spacial score (nSPS) is 11.5. The van der Waals surface area contributed by atoms with Gasteiger partial charge >= 0.3 is 11.9 Å². The number of hydrogen-bond acceptors (Lipinski definition) is 1. The Morgan fingerprint density at radius 2 is 2.12 bits per heavy atom. The molecule has 16 heavy (non-hydrogen) atoms. The van der Waals surface area contributed by atoms with Gasteiger partial charge < -0.3 is 5.11 Å². The van der Waals surface area contributed by atoms with Crippen LogP contribution in [-0.4, -0.2) is 11.1 Å². The SMILES string of the molecule is CCCc1ccc(C(F)(F)C(=O)O)cc1Cl. The summed E-state index contributed by atoms with van der Waals surface area (Å²) in [4.78, 5) is 10.4. The summed E-state index contributed by atoms with van der Waals surface area (Å²) in [5, 5.41) is 8.55. The zero-order chi connectivity index (χ0) is 12.3. The lowest BCUT2D eigenvalue weighted by atomic mass is 10.0. The average Bonchev–Trinajstić information content (AvgIpc) is 2.21. The van der Waals surface area contributed by atoms with E-state index in [-0.39, 0.29) is 5.02 Å². The van der Waals surface area contributed by atoms with Gasteiger partial charge in [-0.15, -0.1) is 0 Å². The molecule has 0 spiro atoms. The predicted octanol–water partition coefficient (Wildman–Crippen LogP) is 3.47. The number of carbonyl (C=O) groups is 1. The van der Waals surface area contributed by atoms with Crippen LogP contribution in [0.2, 0.25) is 5.02 Å². The molecule has 0 bridgehead atoms. The van der Waals surface area contributed by atoms with E-state index in [1.807, 2.05) is 6.92 Å². The van der Waals surface area contributed by atoms with E-state index in [0.717, 1.165) is 24.1 Å². The molecule has 0 aliphatic heterocycles. The monoisotopic (exact) mass is 248 g/mol. The number of halogens is 3. The standard InChI is InChI=1S/C11H11ClF2O2/c1-2-3-7-4-5-8(6-9(7)12)11(13,14)10(15)16/h4-6H,2-3H2,1H3,(H,15,16). The number of hydrogen-bond donors (Lipinski definition) is 1. The van der Waals surface area contributed by atoms with Gasteiger partial charge in [0.1, 0.15) is 0 Å². The Labute approximate surface area is 96.8 Å². The first-order valence-corrected chi connectivity index (χ1v) is 5.17. The maximum Gasteiger partial charge on any atom is 0.379 e. The highest BCUT2D eigenvalue weighted by Crippen LogP contribution is 2.31. The number of aryl methyl sites for hydroxylation is 1. The molecule has 0 saturated heterocycles. The topological polar surface area (TPSA) is 37.3 Å². The molecule has 1 aromatic rings. The zero-order valence-electron chi connectivity index (χ0n) is 8.64. The number of rotatable bonds is 4. The molecule has 5 heteroatoms. The third-order valence-corrected chi connectivity index (χ3v) is 2.56. The molecule has 0 aliphatic carbocycles. The third-order valence-electron chi connectivity index (χ3n) is 2.20. The zero-order valence-corrected chi connectivity index (χ0v) is 9.39. The summed E-state index contributed by atoms with van der Waals surface area (Å²) in [6.45, 7) is 1.94. The minimum Gasteiger partial charge on any atom is -0.477 e. The minimum atomic E-state index is -3.89. The molecule has 0 aliphatic rings. The fourth-order valence-electron chi connectivity index (χ4n) is 1.34. The van der Waals surface area contributed by atoms with Crippen molar-refractivity contribution in [2.75, 3.05) is 0 Å². The van der Waals surface area contributed by atoms with Crippen molar-refractivity contribution in [1.29, 1.82) is 0 Å². The van der Waals surface area contributed by atoms with E-state index in [9.17, 15) is 13.6 Å². The van der Waals surface area contributed by atoms with Gasteiger partial charge in [-0.1, -0.05) is 37.1 Å². The second-order valence-electron chi connectivity index (χ2n) is 3.44. The van der Waals surface area contributed by atoms with Gasteiger partial charge in [-0.2, -0.15) is 8.78 Å². The van der Waals surface area contributed by atoms with Crippen molar-refractivity contribution in [3.63, 3.8) is 0 Å². The molecule has 1 aromatic carbocycles. The second kappa shape index (κ2) is 4.78. The lowest BCUT2D eigenvalue weighted by molar-refractivity contribution is -0.166. The molecule has 1 N–H and O–H groups in total. The van der Waals surface area contributed by atoms with Gasteiger partial charge in [0.15, 0.2) is 0 Å². The van der Waals surface area contributed by atoms with Crippen LogP contribution >= 0.6 is 11.6 Å². The summed E-state index contributed by atoms with van der Waals surface area (Å²) in [6, 6.07) is 3.56. The van der Waals surface area contributed by atoms with E-state index in [1.54, 1.807) is 0 Å². The molecular weight excluding hydrogens is 238 g/mol. The molecule has 0 fully saturated rings. The van der Waals surface area contributed by atoms with E-state index in [0.29, 0.717) is 6.42 Å². The van der Waals surface area contributed by atoms with E-state index in [2.05, 4.69) is 0 Å². The Balaban J connectivity index is 3.10. The third kappa shape index (κ3) is 2.50. The van der Waals surface area contributed by atoms with Gasteiger partial charge in [-0.3, -0.25) is 0 Å². The van der Waals surface area contributed by atoms with E-state index < -0.39 is 17.5 Å². The molecular formula is C11H11ClF2O2. The Hall–Kier alpha value is -1.16. The maximum atomic E-state index is 13.1. The first kappa shape index (κ1) is 12.9. The summed E-state index contributed by atoms with van der Waals surface area (Å²) < 4.78 is 26.2. The van der Waals surface area contributed by atoms with Crippen molar-refractivity contribution < 1.29 is 18.7 Å². The molecule has 0 saturated carbocycles. The molecule has 0 radical (unpaired) electrons. The van der Waals surface area contributed by atoms with Crippen LogP contribution in [0.15, 0.2) is 18.2 Å². The molecule has 0 unspecified atom stereocenters. The molecule has 0 amide bonds. The van der Waals surface area contributed by atoms with E-state index >= 15 is 0 Å². The van der Waals surface area contributed by atoms with Gasteiger partial charge in [0, 0.05) is 10.6 Å². The predicted molar refractivity (Wildman–Crippen MR) is 57.0 cm³/mol. The van der Waals surface area contributed by atoms with Crippen LogP contribution in [0.1, 0.15) is 24.5 Å². The molecule has 0 atom stereocenters. The summed E-state index contributed by atoms with van der Waals surface area (Å²) in [6.07, 6.45) is 1.52. The fourth-order valence-corrected chi connectivity index (χ4v) is 1.61. The van der Waals surface area contributed by atoms with E-state index in [1.165, 1.54) is 6.07 Å². The van der Waals surface area contributed by atoms with Gasteiger partial charge in [0.2, 0.25) is 0 Å². The van der Waals surface area contributed by atoms with Crippen molar-refractivity contribution in [3.8, 4) is 0 Å². The summed E-state index contributed by atoms with van der Waals surface area (Å²) in [7, 11) is 0. The smallest absolute Gasteiger partial charge is 0.379 e. The number of alkyl halides is 2. The Bertz CT molecular complexity index is 405.